The summed E-state index contributed by atoms with van der Waals surface area (Å²) in [4.78, 5) is 0. The summed E-state index contributed by atoms with van der Waals surface area (Å²) in [6.07, 6.45) is 17.7. The summed E-state index contributed by atoms with van der Waals surface area (Å²) in [6.45, 7) is 8.73. The molecule has 2 unspecified atom stereocenters. The fraction of sp³-hybridized carbons (Fsp3) is 0.900. The van der Waals surface area contributed by atoms with E-state index >= 15 is 0 Å². The van der Waals surface area contributed by atoms with Crippen molar-refractivity contribution in [2.45, 2.75) is 111 Å². The van der Waals surface area contributed by atoms with Gasteiger partial charge in [-0.2, -0.15) is 0 Å². The van der Waals surface area contributed by atoms with Gasteiger partial charge in [-0.25, -0.2) is 0 Å². The Balaban J connectivity index is 3.44. The lowest BCUT2D eigenvalue weighted by molar-refractivity contribution is 0.120. The van der Waals surface area contributed by atoms with Crippen LogP contribution in [0.3, 0.4) is 0 Å². The van der Waals surface area contributed by atoms with Crippen molar-refractivity contribution >= 4 is 0 Å². The van der Waals surface area contributed by atoms with Crippen LogP contribution >= 0.6 is 0 Å². The van der Waals surface area contributed by atoms with Crippen molar-refractivity contribution in [1.82, 2.24) is 0 Å². The lowest BCUT2D eigenvalue weighted by Crippen LogP contribution is -2.18. The smallest absolute Gasteiger partial charge is 0.0602 e. The van der Waals surface area contributed by atoms with Gasteiger partial charge in [0.05, 0.1) is 6.10 Å². The first-order chi connectivity index (χ1) is 10.1. The van der Waals surface area contributed by atoms with Crippen LogP contribution in [0, 0.1) is 5.92 Å². The molecule has 0 fully saturated rings. The first kappa shape index (κ1) is 20.7. The summed E-state index contributed by atoms with van der Waals surface area (Å²) in [5.41, 5.74) is 1.34. The average molecular weight is 297 g/mol. The van der Waals surface area contributed by atoms with Crippen LogP contribution in [-0.2, 0) is 0 Å². The summed E-state index contributed by atoms with van der Waals surface area (Å²) in [5.74, 6) is 0.323. The highest BCUT2D eigenvalue weighted by molar-refractivity contribution is 5.03. The molecule has 0 aliphatic rings. The molecular weight excluding hydrogens is 256 g/mol. The predicted molar refractivity (Wildman–Crippen MR) is 95.7 cm³/mol. The molecule has 0 saturated carbocycles. The Hall–Kier alpha value is -0.300. The number of aliphatic hydroxyl groups excluding tert-OH is 1. The molecule has 0 aliphatic carbocycles. The van der Waals surface area contributed by atoms with Crippen LogP contribution in [0.25, 0.3) is 0 Å². The number of unbranched alkanes of at least 4 members (excludes halogenated alkanes) is 9. The Labute approximate surface area is 134 Å². The van der Waals surface area contributed by atoms with Crippen LogP contribution in [0.5, 0.6) is 0 Å². The molecule has 1 N–H and O–H groups in total. The highest BCUT2D eigenvalue weighted by Gasteiger charge is 2.14. The molecule has 0 bridgehead atoms. The molecule has 0 aromatic heterocycles. The van der Waals surface area contributed by atoms with Gasteiger partial charge in [-0.3, -0.25) is 0 Å². The summed E-state index contributed by atoms with van der Waals surface area (Å²) in [6, 6.07) is 0. The third-order valence-electron chi connectivity index (χ3n) is 4.67. The molecule has 126 valence electrons. The second-order valence-corrected chi connectivity index (χ2v) is 6.68. The number of rotatable bonds is 14. The van der Waals surface area contributed by atoms with E-state index in [1.54, 1.807) is 0 Å². The SMILES string of the molecule is CC/C=C(\C)C(C)C(O)CCCCCCCCCCCC. The summed E-state index contributed by atoms with van der Waals surface area (Å²) < 4.78 is 0. The van der Waals surface area contributed by atoms with E-state index in [2.05, 4.69) is 33.8 Å². The minimum atomic E-state index is -0.151. The Morgan fingerprint density at radius 3 is 1.81 bits per heavy atom. The molecule has 21 heavy (non-hydrogen) atoms. The molecule has 0 heterocycles. The molecule has 0 spiro atoms. The van der Waals surface area contributed by atoms with Gasteiger partial charge in [0.1, 0.15) is 0 Å². The summed E-state index contributed by atoms with van der Waals surface area (Å²) in [5, 5.41) is 10.2. The zero-order valence-corrected chi connectivity index (χ0v) is 15.2. The monoisotopic (exact) mass is 296 g/mol. The van der Waals surface area contributed by atoms with Crippen LogP contribution in [-0.4, -0.2) is 11.2 Å². The summed E-state index contributed by atoms with van der Waals surface area (Å²) >= 11 is 0. The second-order valence-electron chi connectivity index (χ2n) is 6.68. The van der Waals surface area contributed by atoms with E-state index in [1.807, 2.05) is 0 Å². The highest BCUT2D eigenvalue weighted by atomic mass is 16.3. The zero-order chi connectivity index (χ0) is 15.9. The molecular formula is C20H40O. The zero-order valence-electron chi connectivity index (χ0n) is 15.2. The maximum absolute atomic E-state index is 10.2. The molecule has 1 heteroatoms. The largest absolute Gasteiger partial charge is 0.393 e. The normalized spacial score (nSPS) is 15.2. The molecule has 1 nitrogen and oxygen atoms in total. The van der Waals surface area contributed by atoms with Crippen molar-refractivity contribution in [1.29, 1.82) is 0 Å². The molecule has 0 rings (SSSR count). The van der Waals surface area contributed by atoms with E-state index in [0.717, 1.165) is 12.8 Å². The Morgan fingerprint density at radius 1 is 0.857 bits per heavy atom. The van der Waals surface area contributed by atoms with E-state index in [9.17, 15) is 5.11 Å². The number of allylic oxidation sites excluding steroid dienone is 1. The Kier molecular flexibility index (Phi) is 14.4. The maximum atomic E-state index is 10.2. The standard InChI is InChI=1S/C20H40O/c1-5-7-8-9-10-11-12-13-14-15-17-20(21)19(4)18(3)16-6-2/h16,19-21H,5-15,17H2,1-4H3/b18-16+. The first-order valence-electron chi connectivity index (χ1n) is 9.48. The fourth-order valence-electron chi connectivity index (χ4n) is 2.90. The Morgan fingerprint density at radius 2 is 1.33 bits per heavy atom. The van der Waals surface area contributed by atoms with Crippen molar-refractivity contribution in [2.24, 2.45) is 5.92 Å². The van der Waals surface area contributed by atoms with Gasteiger partial charge in [0.25, 0.3) is 0 Å². The third kappa shape index (κ3) is 12.0. The van der Waals surface area contributed by atoms with Crippen LogP contribution in [0.1, 0.15) is 105 Å². The van der Waals surface area contributed by atoms with Gasteiger partial charge in [-0.05, 0) is 19.8 Å². The summed E-state index contributed by atoms with van der Waals surface area (Å²) in [7, 11) is 0. The topological polar surface area (TPSA) is 20.2 Å². The van der Waals surface area contributed by atoms with Crippen LogP contribution < -0.4 is 0 Å². The van der Waals surface area contributed by atoms with Crippen molar-refractivity contribution < 1.29 is 5.11 Å². The van der Waals surface area contributed by atoms with E-state index in [1.165, 1.54) is 69.8 Å². The highest BCUT2D eigenvalue weighted by Crippen LogP contribution is 2.20. The molecule has 0 amide bonds. The van der Waals surface area contributed by atoms with E-state index in [0.29, 0.717) is 5.92 Å². The molecule has 0 saturated heterocycles. The van der Waals surface area contributed by atoms with E-state index in [4.69, 9.17) is 0 Å². The van der Waals surface area contributed by atoms with Gasteiger partial charge in [-0.15, -0.1) is 0 Å². The second kappa shape index (κ2) is 14.6. The van der Waals surface area contributed by atoms with Crippen molar-refractivity contribution in [2.75, 3.05) is 0 Å². The number of hydrogen-bond donors (Lipinski definition) is 1. The molecule has 0 radical (unpaired) electrons. The average Bonchev–Trinajstić information content (AvgIpc) is 2.48. The lowest BCUT2D eigenvalue weighted by atomic mass is 9.92. The van der Waals surface area contributed by atoms with Crippen molar-refractivity contribution in [3.63, 3.8) is 0 Å². The maximum Gasteiger partial charge on any atom is 0.0602 e. The van der Waals surface area contributed by atoms with Gasteiger partial charge in [0.15, 0.2) is 0 Å². The molecule has 0 aromatic carbocycles. The third-order valence-corrected chi connectivity index (χ3v) is 4.67. The van der Waals surface area contributed by atoms with E-state index in [-0.39, 0.29) is 6.10 Å². The van der Waals surface area contributed by atoms with Gasteiger partial charge < -0.3 is 5.11 Å². The van der Waals surface area contributed by atoms with Crippen molar-refractivity contribution in [3.05, 3.63) is 11.6 Å². The van der Waals surface area contributed by atoms with Crippen LogP contribution in [0.4, 0.5) is 0 Å². The quantitative estimate of drug-likeness (QED) is 0.281. The Bertz CT molecular complexity index is 244. The van der Waals surface area contributed by atoms with Crippen LogP contribution in [0.2, 0.25) is 0 Å². The minimum absolute atomic E-state index is 0.151. The lowest BCUT2D eigenvalue weighted by Gasteiger charge is -2.19. The van der Waals surface area contributed by atoms with Gasteiger partial charge in [-0.1, -0.05) is 96.6 Å². The van der Waals surface area contributed by atoms with Crippen molar-refractivity contribution in [3.8, 4) is 0 Å². The molecule has 0 aromatic rings. The molecule has 0 aliphatic heterocycles. The number of hydrogen-bond acceptors (Lipinski definition) is 1. The minimum Gasteiger partial charge on any atom is -0.393 e. The van der Waals surface area contributed by atoms with Crippen LogP contribution in [0.15, 0.2) is 11.6 Å². The number of aliphatic hydroxyl groups is 1. The van der Waals surface area contributed by atoms with E-state index < -0.39 is 0 Å². The van der Waals surface area contributed by atoms with Gasteiger partial charge >= 0.3 is 0 Å². The first-order valence-corrected chi connectivity index (χ1v) is 9.48. The fourth-order valence-corrected chi connectivity index (χ4v) is 2.90. The molecule has 2 atom stereocenters. The van der Waals surface area contributed by atoms with Gasteiger partial charge in [0, 0.05) is 5.92 Å². The van der Waals surface area contributed by atoms with Gasteiger partial charge in [0.2, 0.25) is 0 Å². The predicted octanol–water partition coefficient (Wildman–Crippen LogP) is 6.65.